The molecule has 0 atom stereocenters. The number of nitrogens with two attached hydrogens (primary N) is 2. The summed E-state index contributed by atoms with van der Waals surface area (Å²) < 4.78 is 0. The molecule has 0 aromatic carbocycles. The zero-order chi connectivity index (χ0) is 11.3. The minimum absolute atomic E-state index is 0.105. The van der Waals surface area contributed by atoms with Gasteiger partial charge in [-0.2, -0.15) is 0 Å². The van der Waals surface area contributed by atoms with Gasteiger partial charge in [0.05, 0.1) is 0 Å². The Bertz CT molecular complexity index is 287. The van der Waals surface area contributed by atoms with Gasteiger partial charge in [-0.3, -0.25) is 19.9 Å². The highest BCUT2D eigenvalue weighted by atomic mass is 16.2. The highest BCUT2D eigenvalue weighted by molar-refractivity contribution is 6.04. The Morgan fingerprint density at radius 2 is 1.93 bits per heavy atom. The number of amides is 4. The van der Waals surface area contributed by atoms with Gasteiger partial charge in [-0.1, -0.05) is 6.58 Å². The number of urea groups is 1. The van der Waals surface area contributed by atoms with Crippen LogP contribution in [0.25, 0.3) is 0 Å². The number of nitrogens with one attached hydrogen (secondary N) is 1. The molecule has 0 saturated heterocycles. The number of rotatable bonds is 3. The van der Waals surface area contributed by atoms with Gasteiger partial charge < -0.3 is 5.73 Å². The van der Waals surface area contributed by atoms with Gasteiger partial charge in [0, 0.05) is 5.57 Å². The zero-order valence-corrected chi connectivity index (χ0v) is 7.74. The van der Waals surface area contributed by atoms with E-state index in [1.165, 1.54) is 6.92 Å². The smallest absolute Gasteiger partial charge is 0.322 e. The molecule has 0 aliphatic rings. The van der Waals surface area contributed by atoms with Crippen LogP contribution in [0, 0.1) is 0 Å². The van der Waals surface area contributed by atoms with Crippen molar-refractivity contribution >= 4 is 17.8 Å². The lowest BCUT2D eigenvalue weighted by molar-refractivity contribution is -0.130. The van der Waals surface area contributed by atoms with E-state index in [-0.39, 0.29) is 5.57 Å². The van der Waals surface area contributed by atoms with E-state index in [0.717, 1.165) is 0 Å². The molecular formula is C7H12N4O3. The minimum Gasteiger partial charge on any atom is -0.351 e. The number of imide groups is 1. The van der Waals surface area contributed by atoms with Crippen LogP contribution in [-0.2, 0) is 9.59 Å². The maximum atomic E-state index is 11.2. The van der Waals surface area contributed by atoms with Crippen LogP contribution in [0.4, 0.5) is 4.79 Å². The Morgan fingerprint density at radius 1 is 1.43 bits per heavy atom. The van der Waals surface area contributed by atoms with Gasteiger partial charge >= 0.3 is 6.03 Å². The summed E-state index contributed by atoms with van der Waals surface area (Å²) in [6.45, 7) is 4.21. The second-order valence-corrected chi connectivity index (χ2v) is 2.58. The maximum absolute atomic E-state index is 11.2. The SMILES string of the molecule is C=C(C)C(=O)N(CC(=O)NN)C(N)=O. The van der Waals surface area contributed by atoms with Gasteiger partial charge in [0.2, 0.25) is 0 Å². The molecule has 0 aromatic heterocycles. The molecule has 7 nitrogen and oxygen atoms in total. The second-order valence-electron chi connectivity index (χ2n) is 2.58. The van der Waals surface area contributed by atoms with Crippen molar-refractivity contribution in [3.05, 3.63) is 12.2 Å². The van der Waals surface area contributed by atoms with Crippen LogP contribution >= 0.6 is 0 Å². The van der Waals surface area contributed by atoms with E-state index in [1.807, 2.05) is 0 Å². The lowest BCUT2D eigenvalue weighted by Crippen LogP contribution is -2.48. The third-order valence-electron chi connectivity index (χ3n) is 1.34. The van der Waals surface area contributed by atoms with Gasteiger partial charge in [-0.15, -0.1) is 0 Å². The molecule has 78 valence electrons. The fourth-order valence-electron chi connectivity index (χ4n) is 0.669. The summed E-state index contributed by atoms with van der Waals surface area (Å²) >= 11 is 0. The standard InChI is InChI=1S/C7H12N4O3/c1-4(2)6(13)11(7(8)14)3-5(12)10-9/h1,3,9H2,2H3,(H2,8,14)(H,10,12). The maximum Gasteiger partial charge on any atom is 0.322 e. The van der Waals surface area contributed by atoms with E-state index in [9.17, 15) is 14.4 Å². The average Bonchev–Trinajstić information content (AvgIpc) is 2.11. The lowest BCUT2D eigenvalue weighted by atomic mass is 10.3. The van der Waals surface area contributed by atoms with Crippen molar-refractivity contribution in [3.8, 4) is 0 Å². The minimum atomic E-state index is -1.03. The topological polar surface area (TPSA) is 119 Å². The van der Waals surface area contributed by atoms with E-state index in [4.69, 9.17) is 11.6 Å². The van der Waals surface area contributed by atoms with E-state index in [0.29, 0.717) is 4.90 Å². The Kier molecular flexibility index (Phi) is 4.30. The van der Waals surface area contributed by atoms with Crippen molar-refractivity contribution in [2.45, 2.75) is 6.92 Å². The summed E-state index contributed by atoms with van der Waals surface area (Å²) in [6.07, 6.45) is 0. The molecular weight excluding hydrogens is 188 g/mol. The number of carbonyl (C=O) groups is 3. The first-order valence-electron chi connectivity index (χ1n) is 3.66. The fourth-order valence-corrected chi connectivity index (χ4v) is 0.669. The number of primary amides is 1. The van der Waals surface area contributed by atoms with E-state index >= 15 is 0 Å². The fraction of sp³-hybridized carbons (Fsp3) is 0.286. The Morgan fingerprint density at radius 3 is 2.21 bits per heavy atom. The van der Waals surface area contributed by atoms with Gasteiger partial charge in [0.25, 0.3) is 11.8 Å². The molecule has 0 radical (unpaired) electrons. The van der Waals surface area contributed by atoms with Crippen molar-refractivity contribution in [1.29, 1.82) is 0 Å². The molecule has 14 heavy (non-hydrogen) atoms. The van der Waals surface area contributed by atoms with Gasteiger partial charge in [0.15, 0.2) is 0 Å². The number of carbonyl (C=O) groups excluding carboxylic acids is 3. The zero-order valence-electron chi connectivity index (χ0n) is 7.74. The molecule has 0 bridgehead atoms. The molecule has 0 unspecified atom stereocenters. The summed E-state index contributed by atoms with van der Waals surface area (Å²) in [5.74, 6) is 3.38. The van der Waals surface area contributed by atoms with Crippen LogP contribution in [0.1, 0.15) is 6.92 Å². The summed E-state index contributed by atoms with van der Waals surface area (Å²) in [5, 5.41) is 0. The van der Waals surface area contributed by atoms with Gasteiger partial charge in [-0.05, 0) is 6.92 Å². The van der Waals surface area contributed by atoms with Crippen molar-refractivity contribution in [1.82, 2.24) is 10.3 Å². The first-order valence-corrected chi connectivity index (χ1v) is 3.66. The van der Waals surface area contributed by atoms with Crippen LogP contribution in [0.3, 0.4) is 0 Å². The Labute approximate surface area is 80.7 Å². The Balaban J connectivity index is 4.61. The molecule has 0 aromatic rings. The van der Waals surface area contributed by atoms with Gasteiger partial charge in [-0.25, -0.2) is 10.6 Å². The molecule has 0 heterocycles. The van der Waals surface area contributed by atoms with Crippen molar-refractivity contribution in [3.63, 3.8) is 0 Å². The molecule has 4 amide bonds. The molecule has 7 heteroatoms. The van der Waals surface area contributed by atoms with Crippen molar-refractivity contribution in [2.24, 2.45) is 11.6 Å². The summed E-state index contributed by atoms with van der Waals surface area (Å²) in [6, 6.07) is -1.03. The van der Waals surface area contributed by atoms with E-state index in [2.05, 4.69) is 6.58 Å². The molecule has 0 aliphatic carbocycles. The van der Waals surface area contributed by atoms with Crippen LogP contribution in [0.5, 0.6) is 0 Å². The summed E-state index contributed by atoms with van der Waals surface area (Å²) in [7, 11) is 0. The largest absolute Gasteiger partial charge is 0.351 e. The quantitative estimate of drug-likeness (QED) is 0.221. The number of hydrogen-bond donors (Lipinski definition) is 3. The third kappa shape index (κ3) is 3.23. The number of hydrogen-bond acceptors (Lipinski definition) is 4. The molecule has 0 saturated carbocycles. The first-order chi connectivity index (χ1) is 6.40. The van der Waals surface area contributed by atoms with Crippen molar-refractivity contribution in [2.75, 3.05) is 6.54 Å². The van der Waals surface area contributed by atoms with Crippen molar-refractivity contribution < 1.29 is 14.4 Å². The van der Waals surface area contributed by atoms with Crippen LogP contribution in [0.15, 0.2) is 12.2 Å². The van der Waals surface area contributed by atoms with Crippen LogP contribution in [-0.4, -0.2) is 29.3 Å². The molecule has 0 rings (SSSR count). The third-order valence-corrected chi connectivity index (χ3v) is 1.34. The van der Waals surface area contributed by atoms with Crippen LogP contribution in [0.2, 0.25) is 0 Å². The van der Waals surface area contributed by atoms with E-state index < -0.39 is 24.4 Å². The second kappa shape index (κ2) is 4.97. The number of nitrogens with zero attached hydrogens (tertiary/aromatic N) is 1. The highest BCUT2D eigenvalue weighted by Crippen LogP contribution is 1.97. The predicted molar refractivity (Wildman–Crippen MR) is 48.4 cm³/mol. The molecule has 0 spiro atoms. The monoisotopic (exact) mass is 200 g/mol. The average molecular weight is 200 g/mol. The summed E-state index contributed by atoms with van der Waals surface area (Å²) in [4.78, 5) is 33.3. The highest BCUT2D eigenvalue weighted by Gasteiger charge is 2.21. The molecule has 0 aliphatic heterocycles. The normalized spacial score (nSPS) is 9.00. The predicted octanol–water partition coefficient (Wildman–Crippen LogP) is -1.54. The van der Waals surface area contributed by atoms with E-state index in [1.54, 1.807) is 5.43 Å². The number of hydrazine groups is 1. The Hall–Kier alpha value is -1.89. The first kappa shape index (κ1) is 12.1. The van der Waals surface area contributed by atoms with Gasteiger partial charge in [0.1, 0.15) is 6.54 Å². The lowest BCUT2D eigenvalue weighted by Gasteiger charge is -2.16. The molecule has 5 N–H and O–H groups in total. The van der Waals surface area contributed by atoms with Crippen LogP contribution < -0.4 is 17.0 Å². The summed E-state index contributed by atoms with van der Waals surface area (Å²) in [5.41, 5.74) is 6.76. The molecule has 0 fully saturated rings.